The van der Waals surface area contributed by atoms with E-state index in [1.165, 1.54) is 31.3 Å². The number of aliphatic hydroxyl groups excluding tert-OH is 1. The first-order valence-electron chi connectivity index (χ1n) is 11.8. The summed E-state index contributed by atoms with van der Waals surface area (Å²) in [5.41, 5.74) is 2.46. The summed E-state index contributed by atoms with van der Waals surface area (Å²) in [5, 5.41) is 21.0. The van der Waals surface area contributed by atoms with Gasteiger partial charge < -0.3 is 14.6 Å². The highest BCUT2D eigenvalue weighted by Gasteiger charge is 2.47. The van der Waals surface area contributed by atoms with Crippen LogP contribution in [0.3, 0.4) is 0 Å². The van der Waals surface area contributed by atoms with Gasteiger partial charge in [-0.3, -0.25) is 14.5 Å². The van der Waals surface area contributed by atoms with E-state index in [0.717, 1.165) is 5.56 Å². The predicted molar refractivity (Wildman–Crippen MR) is 146 cm³/mol. The number of rotatable bonds is 5. The molecule has 38 heavy (non-hydrogen) atoms. The van der Waals surface area contributed by atoms with E-state index in [1.807, 2.05) is 30.3 Å². The van der Waals surface area contributed by atoms with Crippen LogP contribution >= 0.6 is 11.6 Å². The Hall–Kier alpha value is -4.28. The molecule has 0 saturated carbocycles. The van der Waals surface area contributed by atoms with Crippen LogP contribution in [0.5, 0.6) is 11.5 Å². The van der Waals surface area contributed by atoms with Gasteiger partial charge in [-0.1, -0.05) is 56.6 Å². The zero-order valence-corrected chi connectivity index (χ0v) is 22.5. The van der Waals surface area contributed by atoms with Crippen LogP contribution in [0.4, 0.5) is 5.69 Å². The van der Waals surface area contributed by atoms with Crippen molar-refractivity contribution in [2.45, 2.75) is 32.2 Å². The first kappa shape index (κ1) is 26.8. The maximum absolute atomic E-state index is 13.5. The Labute approximate surface area is 226 Å². The molecule has 1 unspecified atom stereocenters. The molecule has 0 radical (unpaired) electrons. The van der Waals surface area contributed by atoms with Crippen molar-refractivity contribution in [2.75, 3.05) is 19.1 Å². The van der Waals surface area contributed by atoms with E-state index in [1.54, 1.807) is 24.3 Å². The maximum Gasteiger partial charge on any atom is 0.300 e. The van der Waals surface area contributed by atoms with Gasteiger partial charge in [-0.15, -0.1) is 0 Å². The Morgan fingerprint density at radius 2 is 1.58 bits per heavy atom. The number of methoxy groups -OCH3 is 2. The highest BCUT2D eigenvalue weighted by molar-refractivity contribution is 6.51. The number of nitriles is 1. The number of ether oxygens (including phenoxy) is 2. The normalized spacial score (nSPS) is 16.9. The van der Waals surface area contributed by atoms with E-state index in [-0.39, 0.29) is 33.1 Å². The zero-order chi connectivity index (χ0) is 27.8. The van der Waals surface area contributed by atoms with E-state index < -0.39 is 23.5 Å². The number of aliphatic hydroxyl groups is 1. The highest BCUT2D eigenvalue weighted by atomic mass is 35.5. The largest absolute Gasteiger partial charge is 0.507 e. The molecule has 0 bridgehead atoms. The van der Waals surface area contributed by atoms with Crippen LogP contribution in [-0.2, 0) is 15.0 Å². The Balaban J connectivity index is 1.98. The molecule has 4 rings (SSSR count). The number of hydrogen-bond donors (Lipinski definition) is 1. The molecule has 0 aliphatic carbocycles. The van der Waals surface area contributed by atoms with E-state index in [0.29, 0.717) is 16.8 Å². The highest BCUT2D eigenvalue weighted by Crippen LogP contribution is 2.45. The quantitative estimate of drug-likeness (QED) is 0.241. The van der Waals surface area contributed by atoms with Gasteiger partial charge >= 0.3 is 0 Å². The van der Waals surface area contributed by atoms with Crippen molar-refractivity contribution in [2.24, 2.45) is 0 Å². The van der Waals surface area contributed by atoms with Crippen molar-refractivity contribution >= 4 is 34.7 Å². The average molecular weight is 531 g/mol. The molecule has 8 heteroatoms. The van der Waals surface area contributed by atoms with Gasteiger partial charge in [0.1, 0.15) is 17.3 Å². The van der Waals surface area contributed by atoms with E-state index in [4.69, 9.17) is 21.1 Å². The number of anilines is 1. The second-order valence-electron chi connectivity index (χ2n) is 9.89. The number of carbonyl (C=O) groups is 2. The van der Waals surface area contributed by atoms with Crippen LogP contribution in [0, 0.1) is 11.3 Å². The third-order valence-electron chi connectivity index (χ3n) is 6.54. The van der Waals surface area contributed by atoms with Crippen LogP contribution < -0.4 is 14.4 Å². The second-order valence-corrected chi connectivity index (χ2v) is 10.3. The summed E-state index contributed by atoms with van der Waals surface area (Å²) in [6.45, 7) is 6.26. The lowest BCUT2D eigenvalue weighted by Gasteiger charge is -2.27. The topological polar surface area (TPSA) is 99.9 Å². The van der Waals surface area contributed by atoms with Crippen molar-refractivity contribution in [3.05, 3.63) is 93.5 Å². The standard InChI is InChI=1S/C30H27ClN2O5/c1-30(2,3)19-10-8-18(9-11-19)26-25(27(34)21-14-24(38-5)22(31)15-23(21)37-4)28(35)29(36)33(26)20-12-6-17(16-32)7-13-20/h6-15,26,34H,1-5H3/b27-25+. The molecule has 3 aromatic carbocycles. The molecule has 1 heterocycles. The van der Waals surface area contributed by atoms with Crippen LogP contribution in [0.25, 0.3) is 5.76 Å². The summed E-state index contributed by atoms with van der Waals surface area (Å²) in [6.07, 6.45) is 0. The van der Waals surface area contributed by atoms with E-state index in [2.05, 4.69) is 20.8 Å². The molecule has 1 amide bonds. The van der Waals surface area contributed by atoms with E-state index in [9.17, 15) is 20.0 Å². The number of halogens is 1. The number of amides is 1. The maximum atomic E-state index is 13.5. The molecule has 1 N–H and O–H groups in total. The third kappa shape index (κ3) is 4.71. The fourth-order valence-electron chi connectivity index (χ4n) is 4.47. The molecule has 0 spiro atoms. The number of benzene rings is 3. The number of carbonyl (C=O) groups excluding carboxylic acids is 2. The van der Waals surface area contributed by atoms with Crippen molar-refractivity contribution in [3.63, 3.8) is 0 Å². The van der Waals surface area contributed by atoms with Gasteiger partial charge in [0.2, 0.25) is 0 Å². The lowest BCUT2D eigenvalue weighted by Crippen LogP contribution is -2.29. The molecule has 1 atom stereocenters. The van der Waals surface area contributed by atoms with Crippen LogP contribution in [0.15, 0.2) is 66.2 Å². The van der Waals surface area contributed by atoms with Crippen molar-refractivity contribution in [1.82, 2.24) is 0 Å². The van der Waals surface area contributed by atoms with Gasteiger partial charge in [0.05, 0.1) is 48.1 Å². The number of ketones is 1. The van der Waals surface area contributed by atoms with E-state index >= 15 is 0 Å². The van der Waals surface area contributed by atoms with Crippen molar-refractivity contribution in [1.29, 1.82) is 5.26 Å². The molecular weight excluding hydrogens is 504 g/mol. The monoisotopic (exact) mass is 530 g/mol. The summed E-state index contributed by atoms with van der Waals surface area (Å²) >= 11 is 6.25. The minimum absolute atomic E-state index is 0.106. The van der Waals surface area contributed by atoms with Gasteiger partial charge in [-0.2, -0.15) is 5.26 Å². The smallest absolute Gasteiger partial charge is 0.300 e. The molecule has 3 aromatic rings. The number of nitrogens with zero attached hydrogens (tertiary/aromatic N) is 2. The number of Topliss-reactive ketones (excluding diaryl/α,β-unsaturated/α-hetero) is 1. The summed E-state index contributed by atoms with van der Waals surface area (Å²) < 4.78 is 10.7. The Morgan fingerprint density at radius 1 is 0.974 bits per heavy atom. The summed E-state index contributed by atoms with van der Waals surface area (Å²) in [7, 11) is 2.84. The van der Waals surface area contributed by atoms with Gasteiger partial charge in [0.25, 0.3) is 11.7 Å². The molecule has 1 saturated heterocycles. The fraction of sp³-hybridized carbons (Fsp3) is 0.233. The molecule has 194 valence electrons. The summed E-state index contributed by atoms with van der Waals surface area (Å²) in [6, 6.07) is 18.0. The third-order valence-corrected chi connectivity index (χ3v) is 6.84. The van der Waals surface area contributed by atoms with Crippen molar-refractivity contribution < 1.29 is 24.2 Å². The molecule has 1 fully saturated rings. The molecule has 7 nitrogen and oxygen atoms in total. The average Bonchev–Trinajstić information content (AvgIpc) is 3.17. The van der Waals surface area contributed by atoms with Gasteiger partial charge in [-0.05, 0) is 46.9 Å². The predicted octanol–water partition coefficient (Wildman–Crippen LogP) is 6.15. The first-order chi connectivity index (χ1) is 18.0. The minimum Gasteiger partial charge on any atom is -0.507 e. The Morgan fingerprint density at radius 3 is 2.11 bits per heavy atom. The fourth-order valence-corrected chi connectivity index (χ4v) is 4.70. The van der Waals surface area contributed by atoms with Gasteiger partial charge in [0, 0.05) is 11.8 Å². The zero-order valence-electron chi connectivity index (χ0n) is 21.7. The minimum atomic E-state index is -0.941. The van der Waals surface area contributed by atoms with Crippen LogP contribution in [0.2, 0.25) is 5.02 Å². The SMILES string of the molecule is COc1cc(/C(O)=C2\C(=O)C(=O)N(c3ccc(C#N)cc3)C2c2ccc(C(C)(C)C)cc2)c(OC)cc1Cl. The Bertz CT molecular complexity index is 1480. The molecule has 0 aromatic heterocycles. The first-order valence-corrected chi connectivity index (χ1v) is 12.2. The summed E-state index contributed by atoms with van der Waals surface area (Å²) in [4.78, 5) is 28.3. The van der Waals surface area contributed by atoms with Crippen LogP contribution in [-0.4, -0.2) is 31.0 Å². The lowest BCUT2D eigenvalue weighted by atomic mass is 9.85. The molecule has 1 aliphatic heterocycles. The van der Waals surface area contributed by atoms with Crippen molar-refractivity contribution in [3.8, 4) is 17.6 Å². The molecule has 1 aliphatic rings. The van der Waals surface area contributed by atoms with Gasteiger partial charge in [-0.25, -0.2) is 0 Å². The Kier molecular flexibility index (Phi) is 7.21. The molecular formula is C30H27ClN2O5. The number of hydrogen-bond acceptors (Lipinski definition) is 6. The summed E-state index contributed by atoms with van der Waals surface area (Å²) in [5.74, 6) is -1.61. The second kappa shape index (κ2) is 10.2. The lowest BCUT2D eigenvalue weighted by molar-refractivity contribution is -0.132. The van der Waals surface area contributed by atoms with Gasteiger partial charge in [0.15, 0.2) is 0 Å². The van der Waals surface area contributed by atoms with Crippen LogP contribution in [0.1, 0.15) is 49.1 Å².